The van der Waals surface area contributed by atoms with Crippen LogP contribution < -0.4 is 0 Å². The third-order valence-electron chi connectivity index (χ3n) is 7.08. The quantitative estimate of drug-likeness (QED) is 0.338. The van der Waals surface area contributed by atoms with Gasteiger partial charge in [0.1, 0.15) is 5.69 Å². The molecule has 2 saturated heterocycles. The number of likely N-dealkylation sites (tertiary alicyclic amines) is 2. The largest absolute Gasteiger partial charge is 0.419 e. The summed E-state index contributed by atoms with van der Waals surface area (Å²) < 4.78 is 36.0. The number of nitrogens with zero attached hydrogens (tertiary/aromatic N) is 6. The molecule has 4 aromatic rings. The van der Waals surface area contributed by atoms with Crippen LogP contribution in [0.5, 0.6) is 0 Å². The lowest BCUT2D eigenvalue weighted by molar-refractivity contribution is -0.129. The van der Waals surface area contributed by atoms with Gasteiger partial charge in [-0.3, -0.25) is 14.6 Å². The number of amides is 2. The Kier molecular flexibility index (Phi) is 5.80. The van der Waals surface area contributed by atoms with E-state index >= 15 is 8.78 Å². The number of benzene rings is 2. The highest BCUT2D eigenvalue weighted by Crippen LogP contribution is 2.49. The van der Waals surface area contributed by atoms with Crippen molar-refractivity contribution in [3.05, 3.63) is 81.7 Å². The Hall–Kier alpha value is -3.70. The van der Waals surface area contributed by atoms with Crippen molar-refractivity contribution in [2.75, 3.05) is 26.2 Å². The number of carbonyl (C=O) groups excluding carboxylic acids is 2. The summed E-state index contributed by atoms with van der Waals surface area (Å²) >= 11 is 11.8. The van der Waals surface area contributed by atoms with Gasteiger partial charge in [-0.15, -0.1) is 10.2 Å². The molecule has 38 heavy (non-hydrogen) atoms. The summed E-state index contributed by atoms with van der Waals surface area (Å²) in [5.41, 5.74) is 0.310. The van der Waals surface area contributed by atoms with E-state index < -0.39 is 28.7 Å². The van der Waals surface area contributed by atoms with Crippen LogP contribution in [0.15, 0.2) is 53.1 Å². The molecule has 1 atom stereocenters. The molecule has 0 saturated carbocycles. The lowest BCUT2D eigenvalue weighted by Crippen LogP contribution is -2.59. The van der Waals surface area contributed by atoms with Crippen LogP contribution in [0.3, 0.4) is 0 Å². The molecule has 2 amide bonds. The third-order valence-corrected chi connectivity index (χ3v) is 7.82. The van der Waals surface area contributed by atoms with Crippen LogP contribution in [0.4, 0.5) is 8.78 Å². The first-order valence-corrected chi connectivity index (χ1v) is 12.3. The molecule has 4 heterocycles. The number of aromatic nitrogens is 4. The third kappa shape index (κ3) is 3.97. The van der Waals surface area contributed by atoms with Gasteiger partial charge < -0.3 is 14.2 Å². The van der Waals surface area contributed by atoms with E-state index in [1.54, 1.807) is 28.0 Å². The SMILES string of the molecule is O=CN1CC2(C1)CN(C(=O)c1cnc3ccccc3n1)CC2c1nnc(C(F)(F)c2ccc(Cl)c(Cl)c2)o1. The molecule has 2 fully saturated rings. The molecule has 2 aromatic heterocycles. The van der Waals surface area contributed by atoms with Gasteiger partial charge in [0.2, 0.25) is 12.3 Å². The second-order valence-electron chi connectivity index (χ2n) is 9.50. The Bertz CT molecular complexity index is 1580. The zero-order valence-corrected chi connectivity index (χ0v) is 21.0. The van der Waals surface area contributed by atoms with E-state index in [-0.39, 0.29) is 40.6 Å². The van der Waals surface area contributed by atoms with Crippen LogP contribution in [-0.4, -0.2) is 68.5 Å². The molecule has 0 aliphatic carbocycles. The minimum Gasteiger partial charge on any atom is -0.419 e. The second kappa shape index (κ2) is 8.95. The Morgan fingerprint density at radius 1 is 1.08 bits per heavy atom. The van der Waals surface area contributed by atoms with Crippen molar-refractivity contribution < 1.29 is 22.8 Å². The first kappa shape index (κ1) is 24.6. The molecular weight excluding hydrogens is 541 g/mol. The minimum atomic E-state index is -3.63. The fourth-order valence-corrected chi connectivity index (χ4v) is 5.46. The number of fused-ring (bicyclic) bond motifs is 1. The minimum absolute atomic E-state index is 0.0345. The molecule has 2 aromatic carbocycles. The van der Waals surface area contributed by atoms with Crippen LogP contribution in [0.25, 0.3) is 11.0 Å². The van der Waals surface area contributed by atoms with Crippen molar-refractivity contribution >= 4 is 46.6 Å². The van der Waals surface area contributed by atoms with Crippen LogP contribution in [-0.2, 0) is 10.7 Å². The summed E-state index contributed by atoms with van der Waals surface area (Å²) in [5, 5.41) is 7.67. The lowest BCUT2D eigenvalue weighted by Gasteiger charge is -2.48. The molecule has 1 spiro atoms. The van der Waals surface area contributed by atoms with E-state index in [9.17, 15) is 9.59 Å². The van der Waals surface area contributed by atoms with E-state index in [0.29, 0.717) is 30.5 Å². The van der Waals surface area contributed by atoms with Crippen molar-refractivity contribution in [3.63, 3.8) is 0 Å². The Balaban J connectivity index is 1.30. The highest BCUT2D eigenvalue weighted by atomic mass is 35.5. The smallest absolute Gasteiger partial charge is 0.349 e. The molecule has 2 aliphatic heterocycles. The fraction of sp³-hybridized carbons (Fsp3) is 0.280. The van der Waals surface area contributed by atoms with Crippen molar-refractivity contribution in [3.8, 4) is 0 Å². The highest BCUT2D eigenvalue weighted by Gasteiger charge is 2.58. The molecular formula is C25H18Cl2F2N6O3. The van der Waals surface area contributed by atoms with E-state index in [1.165, 1.54) is 12.3 Å². The normalized spacial score (nSPS) is 18.7. The molecule has 6 rings (SSSR count). The molecule has 0 bridgehead atoms. The summed E-state index contributed by atoms with van der Waals surface area (Å²) in [6.45, 7) is 1.01. The molecule has 13 heteroatoms. The molecule has 0 N–H and O–H groups in total. The zero-order valence-electron chi connectivity index (χ0n) is 19.5. The molecule has 194 valence electrons. The topological polar surface area (TPSA) is 105 Å². The van der Waals surface area contributed by atoms with Gasteiger partial charge in [-0.1, -0.05) is 41.4 Å². The maximum Gasteiger partial charge on any atom is 0.349 e. The Morgan fingerprint density at radius 3 is 2.58 bits per heavy atom. The van der Waals surface area contributed by atoms with Crippen LogP contribution in [0.2, 0.25) is 10.0 Å². The zero-order chi connectivity index (χ0) is 26.7. The van der Waals surface area contributed by atoms with E-state index in [0.717, 1.165) is 12.1 Å². The van der Waals surface area contributed by atoms with Gasteiger partial charge in [-0.05, 0) is 24.3 Å². The highest BCUT2D eigenvalue weighted by molar-refractivity contribution is 6.42. The molecule has 1 unspecified atom stereocenters. The number of para-hydroxylation sites is 2. The first-order chi connectivity index (χ1) is 18.2. The summed E-state index contributed by atoms with van der Waals surface area (Å²) in [5.74, 6) is -5.50. The number of carbonyl (C=O) groups is 2. The van der Waals surface area contributed by atoms with Gasteiger partial charge in [0.25, 0.3) is 11.8 Å². The predicted molar refractivity (Wildman–Crippen MR) is 132 cm³/mol. The fourth-order valence-electron chi connectivity index (χ4n) is 5.16. The summed E-state index contributed by atoms with van der Waals surface area (Å²) in [6.07, 6.45) is 2.12. The van der Waals surface area contributed by atoms with E-state index in [4.69, 9.17) is 27.6 Å². The standard InChI is InChI=1S/C25H18Cl2F2N6O3/c26-16-6-5-14(7-17(16)27)25(28,29)23-33-32-21(38-23)15-9-35(12-24(15)10-34(11-24)13-36)22(37)20-8-30-18-3-1-2-4-19(18)31-20/h1-8,13,15H,9-12H2. The molecule has 2 aliphatic rings. The van der Waals surface area contributed by atoms with Crippen LogP contribution in [0.1, 0.15) is 33.8 Å². The first-order valence-electron chi connectivity index (χ1n) is 11.6. The van der Waals surface area contributed by atoms with Gasteiger partial charge in [-0.2, -0.15) is 8.78 Å². The van der Waals surface area contributed by atoms with Gasteiger partial charge in [-0.25, -0.2) is 4.98 Å². The number of alkyl halides is 2. The van der Waals surface area contributed by atoms with Crippen molar-refractivity contribution in [1.29, 1.82) is 0 Å². The Morgan fingerprint density at radius 2 is 1.84 bits per heavy atom. The van der Waals surface area contributed by atoms with E-state index in [2.05, 4.69) is 20.2 Å². The number of hydrogen-bond donors (Lipinski definition) is 0. The number of hydrogen-bond acceptors (Lipinski definition) is 7. The lowest BCUT2D eigenvalue weighted by atomic mass is 9.72. The van der Waals surface area contributed by atoms with Gasteiger partial charge in [0.05, 0.1) is 33.2 Å². The van der Waals surface area contributed by atoms with Crippen LogP contribution in [0, 0.1) is 5.41 Å². The predicted octanol–water partition coefficient (Wildman–Crippen LogP) is 4.16. The molecule has 9 nitrogen and oxygen atoms in total. The number of halogens is 4. The van der Waals surface area contributed by atoms with Crippen molar-refractivity contribution in [2.45, 2.75) is 11.8 Å². The van der Waals surface area contributed by atoms with Gasteiger partial charge in [0, 0.05) is 37.2 Å². The summed E-state index contributed by atoms with van der Waals surface area (Å²) in [6, 6.07) is 10.6. The van der Waals surface area contributed by atoms with Crippen molar-refractivity contribution in [2.24, 2.45) is 5.41 Å². The average Bonchev–Trinajstić information content (AvgIpc) is 3.54. The van der Waals surface area contributed by atoms with E-state index in [1.807, 2.05) is 6.07 Å². The summed E-state index contributed by atoms with van der Waals surface area (Å²) in [7, 11) is 0. The monoisotopic (exact) mass is 558 g/mol. The average molecular weight is 559 g/mol. The van der Waals surface area contributed by atoms with Gasteiger partial charge in [0.15, 0.2) is 0 Å². The molecule has 0 radical (unpaired) electrons. The Labute approximate surface area is 224 Å². The van der Waals surface area contributed by atoms with Crippen LogP contribution >= 0.6 is 23.2 Å². The van der Waals surface area contributed by atoms with Gasteiger partial charge >= 0.3 is 5.92 Å². The van der Waals surface area contributed by atoms with Crippen molar-refractivity contribution in [1.82, 2.24) is 30.0 Å². The second-order valence-corrected chi connectivity index (χ2v) is 10.3. The maximum atomic E-state index is 15.2. The summed E-state index contributed by atoms with van der Waals surface area (Å²) in [4.78, 5) is 36.6. The maximum absolute atomic E-state index is 15.2. The number of rotatable bonds is 5.